The average Bonchev–Trinajstić information content (AvgIpc) is 2.85. The number of aromatic nitrogens is 2. The summed E-state index contributed by atoms with van der Waals surface area (Å²) in [5.41, 5.74) is 1.28. The van der Waals surface area contributed by atoms with E-state index in [0.29, 0.717) is 6.04 Å². The summed E-state index contributed by atoms with van der Waals surface area (Å²) < 4.78 is 0. The van der Waals surface area contributed by atoms with Crippen LogP contribution in [-0.4, -0.2) is 23.1 Å². The fourth-order valence-electron chi connectivity index (χ4n) is 3.21. The molecule has 0 atom stereocenters. The molecular formula is C19H26N4. The van der Waals surface area contributed by atoms with E-state index in [9.17, 15) is 0 Å². The van der Waals surface area contributed by atoms with Crippen molar-refractivity contribution in [1.82, 2.24) is 9.97 Å². The van der Waals surface area contributed by atoms with Gasteiger partial charge in [-0.05, 0) is 18.4 Å². The molecule has 0 bridgehead atoms. The van der Waals surface area contributed by atoms with E-state index in [2.05, 4.69) is 57.6 Å². The highest BCUT2D eigenvalue weighted by Crippen LogP contribution is 2.22. The SMILES string of the molecule is CN(Cc1ccccc1)c1cc(NC2CCCCCC2)ncn1. The van der Waals surface area contributed by atoms with Crippen LogP contribution in [0.1, 0.15) is 44.1 Å². The Bertz CT molecular complexity index is 591. The smallest absolute Gasteiger partial charge is 0.134 e. The van der Waals surface area contributed by atoms with E-state index in [1.807, 2.05) is 6.07 Å². The summed E-state index contributed by atoms with van der Waals surface area (Å²) in [4.78, 5) is 11.0. The van der Waals surface area contributed by atoms with Crippen LogP contribution >= 0.6 is 0 Å². The van der Waals surface area contributed by atoms with E-state index in [4.69, 9.17) is 0 Å². The quantitative estimate of drug-likeness (QED) is 0.838. The van der Waals surface area contributed by atoms with Gasteiger partial charge in [0.05, 0.1) is 0 Å². The summed E-state index contributed by atoms with van der Waals surface area (Å²) in [6.45, 7) is 0.848. The molecule has 1 fully saturated rings. The number of benzene rings is 1. The highest BCUT2D eigenvalue weighted by Gasteiger charge is 2.13. The Kier molecular flexibility index (Phi) is 5.46. The number of anilines is 2. The molecule has 4 heteroatoms. The van der Waals surface area contributed by atoms with Gasteiger partial charge in [0.1, 0.15) is 18.0 Å². The van der Waals surface area contributed by atoms with Crippen molar-refractivity contribution in [3.8, 4) is 0 Å². The molecular weight excluding hydrogens is 284 g/mol. The zero-order chi connectivity index (χ0) is 15.9. The van der Waals surface area contributed by atoms with E-state index in [0.717, 1.165) is 18.2 Å². The molecule has 1 heterocycles. The van der Waals surface area contributed by atoms with Crippen LogP contribution in [-0.2, 0) is 6.54 Å². The first-order chi connectivity index (χ1) is 11.3. The largest absolute Gasteiger partial charge is 0.367 e. The standard InChI is InChI=1S/C19H26N4/c1-23(14-16-9-5-4-6-10-16)19-13-18(20-15-21-19)22-17-11-7-2-3-8-12-17/h4-6,9-10,13,15,17H,2-3,7-8,11-12,14H2,1H3,(H,20,21,22). The summed E-state index contributed by atoms with van der Waals surface area (Å²) in [6, 6.07) is 13.1. The lowest BCUT2D eigenvalue weighted by molar-refractivity contribution is 0.617. The van der Waals surface area contributed by atoms with Crippen molar-refractivity contribution in [2.75, 3.05) is 17.3 Å². The van der Waals surface area contributed by atoms with E-state index in [1.54, 1.807) is 6.33 Å². The molecule has 4 nitrogen and oxygen atoms in total. The number of hydrogen-bond donors (Lipinski definition) is 1. The zero-order valence-electron chi connectivity index (χ0n) is 13.9. The molecule has 0 saturated heterocycles. The zero-order valence-corrected chi connectivity index (χ0v) is 13.9. The van der Waals surface area contributed by atoms with Crippen molar-refractivity contribution in [3.63, 3.8) is 0 Å². The Balaban J connectivity index is 1.64. The Hall–Kier alpha value is -2.10. The molecule has 1 saturated carbocycles. The monoisotopic (exact) mass is 310 g/mol. The summed E-state index contributed by atoms with van der Waals surface area (Å²) in [5, 5.41) is 3.60. The van der Waals surface area contributed by atoms with Crippen molar-refractivity contribution < 1.29 is 0 Å². The Morgan fingerprint density at radius 1 is 1.04 bits per heavy atom. The molecule has 0 amide bonds. The second-order valence-corrected chi connectivity index (χ2v) is 6.44. The first-order valence-electron chi connectivity index (χ1n) is 8.65. The molecule has 1 aliphatic carbocycles. The molecule has 23 heavy (non-hydrogen) atoms. The van der Waals surface area contributed by atoms with E-state index >= 15 is 0 Å². The van der Waals surface area contributed by atoms with Crippen LogP contribution in [0.3, 0.4) is 0 Å². The molecule has 1 N–H and O–H groups in total. The van der Waals surface area contributed by atoms with Crippen LogP contribution in [0.2, 0.25) is 0 Å². The van der Waals surface area contributed by atoms with Gasteiger partial charge < -0.3 is 10.2 Å². The second-order valence-electron chi connectivity index (χ2n) is 6.44. The maximum absolute atomic E-state index is 4.42. The van der Waals surface area contributed by atoms with E-state index < -0.39 is 0 Å². The lowest BCUT2D eigenvalue weighted by atomic mass is 10.1. The Labute approximate surface area is 139 Å². The third kappa shape index (κ3) is 4.68. The van der Waals surface area contributed by atoms with Gasteiger partial charge in [-0.1, -0.05) is 56.0 Å². The van der Waals surface area contributed by atoms with Gasteiger partial charge in [0.2, 0.25) is 0 Å². The lowest BCUT2D eigenvalue weighted by Gasteiger charge is -2.20. The summed E-state index contributed by atoms with van der Waals surface area (Å²) >= 11 is 0. The number of nitrogens with one attached hydrogen (secondary N) is 1. The fourth-order valence-corrected chi connectivity index (χ4v) is 3.21. The minimum atomic E-state index is 0.555. The molecule has 1 aromatic carbocycles. The van der Waals surface area contributed by atoms with Gasteiger partial charge in [-0.2, -0.15) is 0 Å². The first kappa shape index (κ1) is 15.8. The minimum absolute atomic E-state index is 0.555. The molecule has 1 aliphatic rings. The van der Waals surface area contributed by atoms with Gasteiger partial charge in [-0.3, -0.25) is 0 Å². The van der Waals surface area contributed by atoms with Gasteiger partial charge in [0, 0.05) is 25.7 Å². The summed E-state index contributed by atoms with van der Waals surface area (Å²) in [6.07, 6.45) is 9.54. The molecule has 0 radical (unpaired) electrons. The van der Waals surface area contributed by atoms with Crippen LogP contribution < -0.4 is 10.2 Å². The van der Waals surface area contributed by atoms with Gasteiger partial charge >= 0.3 is 0 Å². The van der Waals surface area contributed by atoms with Crippen LogP contribution in [0.15, 0.2) is 42.7 Å². The molecule has 122 valence electrons. The lowest BCUT2D eigenvalue weighted by Crippen LogP contribution is -2.21. The fraction of sp³-hybridized carbons (Fsp3) is 0.474. The van der Waals surface area contributed by atoms with Crippen LogP contribution in [0.4, 0.5) is 11.6 Å². The summed E-state index contributed by atoms with van der Waals surface area (Å²) in [5.74, 6) is 1.90. The second kappa shape index (κ2) is 7.95. The third-order valence-corrected chi connectivity index (χ3v) is 4.51. The van der Waals surface area contributed by atoms with Crippen molar-refractivity contribution in [3.05, 3.63) is 48.3 Å². The molecule has 0 aliphatic heterocycles. The molecule has 0 spiro atoms. The highest BCUT2D eigenvalue weighted by atomic mass is 15.2. The molecule has 2 aromatic rings. The topological polar surface area (TPSA) is 41.0 Å². The number of nitrogens with zero attached hydrogens (tertiary/aromatic N) is 3. The average molecular weight is 310 g/mol. The van der Waals surface area contributed by atoms with Crippen LogP contribution in [0.25, 0.3) is 0 Å². The summed E-state index contributed by atoms with van der Waals surface area (Å²) in [7, 11) is 2.07. The maximum Gasteiger partial charge on any atom is 0.134 e. The van der Waals surface area contributed by atoms with Crippen molar-refractivity contribution in [2.24, 2.45) is 0 Å². The number of hydrogen-bond acceptors (Lipinski definition) is 4. The maximum atomic E-state index is 4.42. The highest BCUT2D eigenvalue weighted by molar-refractivity contribution is 5.48. The predicted octanol–water partition coefficient (Wildman–Crippen LogP) is 4.25. The van der Waals surface area contributed by atoms with Crippen molar-refractivity contribution >= 4 is 11.6 Å². The third-order valence-electron chi connectivity index (χ3n) is 4.51. The number of rotatable bonds is 5. The van der Waals surface area contributed by atoms with Gasteiger partial charge in [-0.15, -0.1) is 0 Å². The predicted molar refractivity (Wildman–Crippen MR) is 95.7 cm³/mol. The Morgan fingerprint density at radius 3 is 2.52 bits per heavy atom. The first-order valence-corrected chi connectivity index (χ1v) is 8.65. The normalized spacial score (nSPS) is 15.9. The molecule has 1 aromatic heterocycles. The van der Waals surface area contributed by atoms with Crippen molar-refractivity contribution in [1.29, 1.82) is 0 Å². The Morgan fingerprint density at radius 2 is 1.78 bits per heavy atom. The van der Waals surface area contributed by atoms with Gasteiger partial charge in [0.15, 0.2) is 0 Å². The van der Waals surface area contributed by atoms with Crippen molar-refractivity contribution in [2.45, 2.75) is 51.1 Å². The van der Waals surface area contributed by atoms with E-state index in [1.165, 1.54) is 44.1 Å². The minimum Gasteiger partial charge on any atom is -0.367 e. The van der Waals surface area contributed by atoms with Gasteiger partial charge in [-0.25, -0.2) is 9.97 Å². The molecule has 0 unspecified atom stereocenters. The molecule has 3 rings (SSSR count). The van der Waals surface area contributed by atoms with Gasteiger partial charge in [0.25, 0.3) is 0 Å². The van der Waals surface area contributed by atoms with Crippen LogP contribution in [0, 0.1) is 0 Å². The van der Waals surface area contributed by atoms with E-state index in [-0.39, 0.29) is 0 Å². The van der Waals surface area contributed by atoms with Crippen LogP contribution in [0.5, 0.6) is 0 Å².